The van der Waals surface area contributed by atoms with Gasteiger partial charge < -0.3 is 4.74 Å². The summed E-state index contributed by atoms with van der Waals surface area (Å²) in [6.07, 6.45) is 4.79. The summed E-state index contributed by atoms with van der Waals surface area (Å²) in [6.45, 7) is 1.01. The van der Waals surface area contributed by atoms with Gasteiger partial charge in [0.25, 0.3) is 0 Å². The lowest BCUT2D eigenvalue weighted by molar-refractivity contribution is -0.157. The first-order chi connectivity index (χ1) is 15.0. The molecule has 0 saturated carbocycles. The highest BCUT2D eigenvalue weighted by molar-refractivity contribution is 6.08. The molecule has 158 valence electrons. The van der Waals surface area contributed by atoms with Crippen LogP contribution in [0.4, 0.5) is 0 Å². The molecule has 3 atom stereocenters. The van der Waals surface area contributed by atoms with E-state index in [1.54, 1.807) is 12.1 Å². The van der Waals surface area contributed by atoms with Crippen LogP contribution in [0.2, 0.25) is 0 Å². The highest BCUT2D eigenvalue weighted by Gasteiger charge is 2.50. The Morgan fingerprint density at radius 3 is 2.03 bits per heavy atom. The quantitative estimate of drug-likeness (QED) is 0.311. The number of allylic oxidation sites excluding steroid dienone is 2. The Balaban J connectivity index is 1.35. The molecule has 0 N–H and O–H groups in total. The van der Waals surface area contributed by atoms with E-state index in [0.717, 1.165) is 16.0 Å². The Hall–Kier alpha value is -3.54. The van der Waals surface area contributed by atoms with Gasteiger partial charge in [-0.05, 0) is 30.9 Å². The number of nitrogens with zero attached hydrogens (tertiary/aromatic N) is 1. The van der Waals surface area contributed by atoms with Crippen LogP contribution >= 0.6 is 0 Å². The number of carbonyl (C=O) groups is 4. The molecule has 2 aromatic rings. The van der Waals surface area contributed by atoms with Crippen LogP contribution < -0.4 is 0 Å². The van der Waals surface area contributed by atoms with Crippen molar-refractivity contribution < 1.29 is 23.9 Å². The predicted molar refractivity (Wildman–Crippen MR) is 114 cm³/mol. The number of ketones is 1. The maximum atomic E-state index is 12.6. The molecular formula is C25H23NO5. The molecule has 0 aromatic heterocycles. The molecule has 6 heteroatoms. The van der Waals surface area contributed by atoms with Crippen LogP contribution in [0, 0.1) is 11.8 Å². The largest absolute Gasteiger partial charge is 0.456 e. The lowest BCUT2D eigenvalue weighted by atomic mass is 9.85. The highest BCUT2D eigenvalue weighted by atomic mass is 16.5. The number of benzene rings is 2. The van der Waals surface area contributed by atoms with Gasteiger partial charge in [0, 0.05) is 5.56 Å². The zero-order valence-electron chi connectivity index (χ0n) is 17.2. The van der Waals surface area contributed by atoms with E-state index in [4.69, 9.17) is 4.74 Å². The number of Topliss-reactive ketones (excluding diaryl/α,β-unsaturated/α-hetero) is 1. The number of ether oxygens (including phenoxy) is 1. The number of rotatable bonds is 6. The van der Waals surface area contributed by atoms with Gasteiger partial charge in [0.05, 0.1) is 11.8 Å². The second-order valence-electron chi connectivity index (χ2n) is 7.85. The smallest absolute Gasteiger partial charge is 0.329 e. The summed E-state index contributed by atoms with van der Waals surface area (Å²) in [5, 5.41) is 0. The van der Waals surface area contributed by atoms with Crippen molar-refractivity contribution in [3.05, 3.63) is 72.3 Å². The van der Waals surface area contributed by atoms with Gasteiger partial charge >= 0.3 is 5.97 Å². The number of likely N-dealkylation sites (tertiary alicyclic amines) is 1. The SMILES string of the molecule is C[C@@H](C(=O)OCC(=O)c1ccc(-c2ccccc2)cc1)N1C(=O)[C@H]2CC=CC[C@H]2C1=O. The molecule has 2 amide bonds. The van der Waals surface area contributed by atoms with E-state index >= 15 is 0 Å². The van der Waals surface area contributed by atoms with Gasteiger partial charge in [-0.2, -0.15) is 0 Å². The number of esters is 1. The average molecular weight is 417 g/mol. The molecule has 1 aliphatic carbocycles. The van der Waals surface area contributed by atoms with Crippen molar-refractivity contribution in [1.82, 2.24) is 4.90 Å². The zero-order valence-corrected chi connectivity index (χ0v) is 17.2. The molecule has 6 nitrogen and oxygen atoms in total. The number of hydrogen-bond acceptors (Lipinski definition) is 5. The van der Waals surface area contributed by atoms with Gasteiger partial charge in [-0.3, -0.25) is 19.3 Å². The molecule has 1 fully saturated rings. The molecule has 0 bridgehead atoms. The van der Waals surface area contributed by atoms with E-state index in [9.17, 15) is 19.2 Å². The van der Waals surface area contributed by atoms with Crippen molar-refractivity contribution in [2.24, 2.45) is 11.8 Å². The van der Waals surface area contributed by atoms with E-state index in [2.05, 4.69) is 0 Å². The Kier molecular flexibility index (Phi) is 5.80. The number of fused-ring (bicyclic) bond motifs is 1. The van der Waals surface area contributed by atoms with Crippen LogP contribution in [0.15, 0.2) is 66.7 Å². The fourth-order valence-corrected chi connectivity index (χ4v) is 4.13. The lowest BCUT2D eigenvalue weighted by Gasteiger charge is -2.21. The number of amides is 2. The third-order valence-corrected chi connectivity index (χ3v) is 5.93. The van der Waals surface area contributed by atoms with E-state index in [1.165, 1.54) is 6.92 Å². The van der Waals surface area contributed by atoms with Crippen LogP contribution in [0.5, 0.6) is 0 Å². The number of hydrogen-bond donors (Lipinski definition) is 0. The minimum atomic E-state index is -1.06. The number of imide groups is 1. The van der Waals surface area contributed by atoms with Crippen molar-refractivity contribution in [2.45, 2.75) is 25.8 Å². The van der Waals surface area contributed by atoms with Crippen molar-refractivity contribution in [3.63, 3.8) is 0 Å². The number of carbonyl (C=O) groups excluding carboxylic acids is 4. The summed E-state index contributed by atoms with van der Waals surface area (Å²) >= 11 is 0. The summed E-state index contributed by atoms with van der Waals surface area (Å²) in [7, 11) is 0. The standard InChI is InChI=1S/C25H23NO5/c1-16(26-23(28)20-9-5-6-10-21(20)24(26)29)25(30)31-15-22(27)19-13-11-18(12-14-19)17-7-3-2-4-8-17/h2-8,11-14,16,20-21H,9-10,15H2,1H3/t16-,20-,21+/m0/s1. The van der Waals surface area contributed by atoms with Crippen molar-refractivity contribution in [1.29, 1.82) is 0 Å². The summed E-state index contributed by atoms with van der Waals surface area (Å²) in [6, 6.07) is 15.8. The van der Waals surface area contributed by atoms with E-state index in [1.807, 2.05) is 54.6 Å². The van der Waals surface area contributed by atoms with Gasteiger partial charge in [-0.15, -0.1) is 0 Å². The fourth-order valence-electron chi connectivity index (χ4n) is 4.13. The maximum Gasteiger partial charge on any atom is 0.329 e. The third-order valence-electron chi connectivity index (χ3n) is 5.93. The second-order valence-corrected chi connectivity index (χ2v) is 7.85. The third kappa shape index (κ3) is 4.06. The van der Waals surface area contributed by atoms with Gasteiger partial charge in [0.1, 0.15) is 6.04 Å². The normalized spacial score (nSPS) is 21.0. The summed E-state index contributed by atoms with van der Waals surface area (Å²) in [5.74, 6) is -2.60. The molecule has 1 aliphatic heterocycles. The molecule has 2 aliphatic rings. The first-order valence-electron chi connectivity index (χ1n) is 10.3. The molecule has 2 aromatic carbocycles. The Bertz CT molecular complexity index is 1020. The Morgan fingerprint density at radius 2 is 1.45 bits per heavy atom. The molecule has 1 saturated heterocycles. The van der Waals surface area contributed by atoms with E-state index in [0.29, 0.717) is 18.4 Å². The van der Waals surface area contributed by atoms with Gasteiger partial charge in [0.2, 0.25) is 11.8 Å². The first-order valence-corrected chi connectivity index (χ1v) is 10.3. The molecule has 1 heterocycles. The minimum Gasteiger partial charge on any atom is -0.456 e. The van der Waals surface area contributed by atoms with Crippen LogP contribution in [0.25, 0.3) is 11.1 Å². The predicted octanol–water partition coefficient (Wildman–Crippen LogP) is 3.42. The average Bonchev–Trinajstić information content (AvgIpc) is 3.07. The summed E-state index contributed by atoms with van der Waals surface area (Å²) in [4.78, 5) is 51.1. The Morgan fingerprint density at radius 1 is 0.903 bits per heavy atom. The topological polar surface area (TPSA) is 80.8 Å². The molecule has 0 unspecified atom stereocenters. The van der Waals surface area contributed by atoms with E-state index < -0.39 is 30.5 Å². The molecule has 4 rings (SSSR count). The monoisotopic (exact) mass is 417 g/mol. The zero-order chi connectivity index (χ0) is 22.0. The molecular weight excluding hydrogens is 394 g/mol. The second kappa shape index (κ2) is 8.68. The highest BCUT2D eigenvalue weighted by Crippen LogP contribution is 2.36. The van der Waals surface area contributed by atoms with Crippen LogP contribution in [0.3, 0.4) is 0 Å². The van der Waals surface area contributed by atoms with Gasteiger partial charge in [-0.25, -0.2) is 4.79 Å². The molecule has 0 radical (unpaired) electrons. The summed E-state index contributed by atoms with van der Waals surface area (Å²) < 4.78 is 5.15. The van der Waals surface area contributed by atoms with Crippen molar-refractivity contribution >= 4 is 23.6 Å². The van der Waals surface area contributed by atoms with Crippen LogP contribution in [-0.2, 0) is 19.1 Å². The minimum absolute atomic E-state index is 0.341. The molecule has 31 heavy (non-hydrogen) atoms. The van der Waals surface area contributed by atoms with Crippen LogP contribution in [0.1, 0.15) is 30.1 Å². The van der Waals surface area contributed by atoms with E-state index in [-0.39, 0.29) is 17.6 Å². The summed E-state index contributed by atoms with van der Waals surface area (Å²) in [5.41, 5.74) is 2.44. The van der Waals surface area contributed by atoms with Gasteiger partial charge in [-0.1, -0.05) is 66.7 Å². The van der Waals surface area contributed by atoms with Gasteiger partial charge in [0.15, 0.2) is 12.4 Å². The van der Waals surface area contributed by atoms with Crippen molar-refractivity contribution in [2.75, 3.05) is 6.61 Å². The first kappa shape index (κ1) is 20.7. The molecule has 0 spiro atoms. The maximum absolute atomic E-state index is 12.6. The lowest BCUT2D eigenvalue weighted by Crippen LogP contribution is -2.44. The van der Waals surface area contributed by atoms with Crippen LogP contribution in [-0.4, -0.2) is 41.1 Å². The fraction of sp³-hybridized carbons (Fsp3) is 0.280. The Labute approximate surface area is 180 Å². The van der Waals surface area contributed by atoms with Crippen molar-refractivity contribution in [3.8, 4) is 11.1 Å².